The van der Waals surface area contributed by atoms with Crippen LogP contribution in [-0.2, 0) is 10.0 Å². The number of hydrogen-bond donors (Lipinski definition) is 1. The van der Waals surface area contributed by atoms with E-state index in [9.17, 15) is 8.42 Å². The lowest BCUT2D eigenvalue weighted by atomic mass is 9.98. The van der Waals surface area contributed by atoms with Gasteiger partial charge in [0.25, 0.3) is 10.0 Å². The van der Waals surface area contributed by atoms with E-state index in [2.05, 4.69) is 4.72 Å². The van der Waals surface area contributed by atoms with E-state index in [1.54, 1.807) is 49.6 Å². The summed E-state index contributed by atoms with van der Waals surface area (Å²) in [4.78, 5) is 0.186. The van der Waals surface area contributed by atoms with Gasteiger partial charge in [-0.05, 0) is 60.9 Å². The Bertz CT molecular complexity index is 1150. The Kier molecular flexibility index (Phi) is 4.84. The van der Waals surface area contributed by atoms with E-state index in [4.69, 9.17) is 14.2 Å². The molecule has 150 valence electrons. The van der Waals surface area contributed by atoms with Gasteiger partial charge in [-0.25, -0.2) is 8.42 Å². The van der Waals surface area contributed by atoms with Crippen molar-refractivity contribution in [2.75, 3.05) is 18.6 Å². The van der Waals surface area contributed by atoms with Crippen molar-refractivity contribution in [3.63, 3.8) is 0 Å². The molecule has 1 N–H and O–H groups in total. The molecule has 0 aliphatic carbocycles. The molecule has 3 aromatic carbocycles. The van der Waals surface area contributed by atoms with Crippen LogP contribution >= 0.6 is 0 Å². The average molecular weight is 411 g/mol. The van der Waals surface area contributed by atoms with Crippen LogP contribution in [0.2, 0.25) is 0 Å². The molecule has 0 atom stereocenters. The summed E-state index contributed by atoms with van der Waals surface area (Å²) >= 11 is 0. The molecule has 0 amide bonds. The molecule has 0 fully saturated rings. The highest BCUT2D eigenvalue weighted by Crippen LogP contribution is 2.43. The normalized spacial score (nSPS) is 12.7. The molecule has 7 heteroatoms. The third-order valence-electron chi connectivity index (χ3n) is 4.79. The molecule has 0 spiro atoms. The monoisotopic (exact) mass is 411 g/mol. The number of benzene rings is 3. The molecular formula is C22H21NO5S. The molecular weight excluding hydrogens is 390 g/mol. The Labute approximate surface area is 170 Å². The van der Waals surface area contributed by atoms with Crippen molar-refractivity contribution in [1.82, 2.24) is 0 Å². The molecule has 1 heterocycles. The van der Waals surface area contributed by atoms with Gasteiger partial charge in [0.1, 0.15) is 5.75 Å². The van der Waals surface area contributed by atoms with E-state index in [0.717, 1.165) is 22.4 Å². The second-order valence-electron chi connectivity index (χ2n) is 6.81. The Balaban J connectivity index is 1.85. The van der Waals surface area contributed by atoms with Crippen molar-refractivity contribution >= 4 is 15.7 Å². The summed E-state index contributed by atoms with van der Waals surface area (Å²) in [5.41, 5.74) is 3.88. The molecule has 4 rings (SSSR count). The van der Waals surface area contributed by atoms with Crippen LogP contribution in [-0.4, -0.2) is 22.3 Å². The van der Waals surface area contributed by atoms with E-state index in [0.29, 0.717) is 22.7 Å². The number of rotatable bonds is 5. The molecule has 0 unspecified atom stereocenters. The average Bonchev–Trinajstić information content (AvgIpc) is 3.15. The van der Waals surface area contributed by atoms with Gasteiger partial charge < -0.3 is 14.2 Å². The Hall–Kier alpha value is -3.19. The summed E-state index contributed by atoms with van der Waals surface area (Å²) < 4.78 is 45.0. The quantitative estimate of drug-likeness (QED) is 0.669. The maximum Gasteiger partial charge on any atom is 0.261 e. The predicted octanol–water partition coefficient (Wildman–Crippen LogP) is 4.51. The van der Waals surface area contributed by atoms with E-state index in [1.807, 2.05) is 26.0 Å². The van der Waals surface area contributed by atoms with Gasteiger partial charge >= 0.3 is 0 Å². The van der Waals surface area contributed by atoms with Gasteiger partial charge in [0.15, 0.2) is 11.5 Å². The molecule has 0 radical (unpaired) electrons. The van der Waals surface area contributed by atoms with Gasteiger partial charge in [0, 0.05) is 11.6 Å². The summed E-state index contributed by atoms with van der Waals surface area (Å²) in [5.74, 6) is 1.89. The Morgan fingerprint density at radius 1 is 0.931 bits per heavy atom. The zero-order chi connectivity index (χ0) is 20.6. The smallest absolute Gasteiger partial charge is 0.261 e. The van der Waals surface area contributed by atoms with Gasteiger partial charge in [0.05, 0.1) is 17.7 Å². The lowest BCUT2D eigenvalue weighted by Crippen LogP contribution is -2.13. The fraction of sp³-hybridized carbons (Fsp3) is 0.182. The van der Waals surface area contributed by atoms with Crippen LogP contribution in [0.4, 0.5) is 5.69 Å². The maximum absolute atomic E-state index is 12.9. The number of fused-ring (bicyclic) bond motifs is 1. The van der Waals surface area contributed by atoms with E-state index >= 15 is 0 Å². The fourth-order valence-corrected chi connectivity index (χ4v) is 4.59. The first-order valence-electron chi connectivity index (χ1n) is 9.06. The van der Waals surface area contributed by atoms with Crippen molar-refractivity contribution in [2.24, 2.45) is 0 Å². The maximum atomic E-state index is 12.9. The highest BCUT2D eigenvalue weighted by molar-refractivity contribution is 7.92. The molecule has 29 heavy (non-hydrogen) atoms. The van der Waals surface area contributed by atoms with Crippen LogP contribution < -0.4 is 18.9 Å². The zero-order valence-electron chi connectivity index (χ0n) is 16.4. The minimum Gasteiger partial charge on any atom is -0.496 e. The van der Waals surface area contributed by atoms with Gasteiger partial charge in [-0.15, -0.1) is 0 Å². The number of anilines is 1. The molecule has 0 bridgehead atoms. The van der Waals surface area contributed by atoms with Gasteiger partial charge in [-0.2, -0.15) is 0 Å². The van der Waals surface area contributed by atoms with Gasteiger partial charge in [-0.1, -0.05) is 18.2 Å². The van der Waals surface area contributed by atoms with Crippen molar-refractivity contribution < 1.29 is 22.6 Å². The Morgan fingerprint density at radius 3 is 2.17 bits per heavy atom. The lowest BCUT2D eigenvalue weighted by molar-refractivity contribution is 0.174. The molecule has 0 saturated heterocycles. The van der Waals surface area contributed by atoms with E-state index in [-0.39, 0.29) is 11.7 Å². The van der Waals surface area contributed by atoms with Crippen molar-refractivity contribution in [2.45, 2.75) is 18.7 Å². The third kappa shape index (κ3) is 3.61. The number of methoxy groups -OCH3 is 1. The number of ether oxygens (including phenoxy) is 3. The summed E-state index contributed by atoms with van der Waals surface area (Å²) in [6.45, 7) is 4.01. The molecule has 1 aliphatic rings. The van der Waals surface area contributed by atoms with Gasteiger partial charge in [-0.3, -0.25) is 4.72 Å². The first-order valence-corrected chi connectivity index (χ1v) is 10.5. The van der Waals surface area contributed by atoms with Crippen LogP contribution in [0.1, 0.15) is 11.1 Å². The SMILES string of the molecule is COc1c(C)cc(-c2cc3c(cc2NS(=O)(=O)c2ccccc2)OCO3)cc1C. The first kappa shape index (κ1) is 19.1. The minimum absolute atomic E-state index is 0.102. The zero-order valence-corrected chi connectivity index (χ0v) is 17.2. The lowest BCUT2D eigenvalue weighted by Gasteiger charge is -2.16. The molecule has 6 nitrogen and oxygen atoms in total. The summed E-state index contributed by atoms with van der Waals surface area (Å²) in [5, 5.41) is 0. The molecule has 1 aliphatic heterocycles. The van der Waals surface area contributed by atoms with Crippen molar-refractivity contribution in [1.29, 1.82) is 0 Å². The highest BCUT2D eigenvalue weighted by atomic mass is 32.2. The minimum atomic E-state index is -3.77. The summed E-state index contributed by atoms with van der Waals surface area (Å²) in [6.07, 6.45) is 0. The van der Waals surface area contributed by atoms with Crippen LogP contribution in [0, 0.1) is 13.8 Å². The van der Waals surface area contributed by atoms with Crippen molar-refractivity contribution in [3.05, 3.63) is 65.7 Å². The second kappa shape index (κ2) is 7.33. The highest BCUT2D eigenvalue weighted by Gasteiger charge is 2.23. The standard InChI is InChI=1S/C22H21NO5S/c1-14-9-16(10-15(2)22(14)26-3)18-11-20-21(28-13-27-20)12-19(18)23-29(24,25)17-7-5-4-6-8-17/h4-12,23H,13H2,1-3H3. The number of hydrogen-bond acceptors (Lipinski definition) is 5. The Morgan fingerprint density at radius 2 is 1.55 bits per heavy atom. The number of sulfonamides is 1. The number of nitrogens with one attached hydrogen (secondary N) is 1. The largest absolute Gasteiger partial charge is 0.496 e. The fourth-order valence-electron chi connectivity index (χ4n) is 3.50. The summed E-state index contributed by atoms with van der Waals surface area (Å²) in [6, 6.07) is 15.6. The van der Waals surface area contributed by atoms with E-state index in [1.165, 1.54) is 0 Å². The molecule has 0 saturated carbocycles. The van der Waals surface area contributed by atoms with Gasteiger partial charge in [0.2, 0.25) is 6.79 Å². The third-order valence-corrected chi connectivity index (χ3v) is 6.17. The van der Waals surface area contributed by atoms with Crippen LogP contribution in [0.15, 0.2) is 59.5 Å². The molecule has 0 aromatic heterocycles. The predicted molar refractivity (Wildman–Crippen MR) is 111 cm³/mol. The topological polar surface area (TPSA) is 73.9 Å². The van der Waals surface area contributed by atoms with Crippen LogP contribution in [0.5, 0.6) is 17.2 Å². The number of aryl methyl sites for hydroxylation is 2. The van der Waals surface area contributed by atoms with Crippen LogP contribution in [0.3, 0.4) is 0 Å². The first-order chi connectivity index (χ1) is 13.9. The van der Waals surface area contributed by atoms with E-state index < -0.39 is 10.0 Å². The van der Waals surface area contributed by atoms with Crippen molar-refractivity contribution in [3.8, 4) is 28.4 Å². The molecule has 3 aromatic rings. The summed E-state index contributed by atoms with van der Waals surface area (Å²) in [7, 11) is -2.13. The second-order valence-corrected chi connectivity index (χ2v) is 8.50. The van der Waals surface area contributed by atoms with Crippen LogP contribution in [0.25, 0.3) is 11.1 Å².